The molecule has 1 aromatic rings. The maximum Gasteiger partial charge on any atom is 0.228 e. The first-order chi connectivity index (χ1) is 8.72. The Bertz CT molecular complexity index is 358. The number of nitrogens with zero attached hydrogens (tertiary/aromatic N) is 3. The largest absolute Gasteiger partial charge is 0.339 e. The van der Waals surface area contributed by atoms with Gasteiger partial charge in [0.2, 0.25) is 5.89 Å². The lowest BCUT2D eigenvalue weighted by Gasteiger charge is -2.29. The number of aromatic nitrogens is 2. The maximum absolute atomic E-state index is 5.33. The lowest BCUT2D eigenvalue weighted by Crippen LogP contribution is -2.32. The fraction of sp³-hybridized carbons (Fsp3) is 0.846. The van der Waals surface area contributed by atoms with Crippen LogP contribution in [0.1, 0.15) is 44.3 Å². The molecule has 1 unspecified atom stereocenters. The molecule has 1 aromatic heterocycles. The van der Waals surface area contributed by atoms with Gasteiger partial charge in [-0.05, 0) is 46.4 Å². The normalized spacial score (nSPS) is 20.2. The summed E-state index contributed by atoms with van der Waals surface area (Å²) in [7, 11) is 1.95. The van der Waals surface area contributed by atoms with E-state index in [-0.39, 0.29) is 0 Å². The number of hydrogen-bond donors (Lipinski definition) is 1. The highest BCUT2D eigenvalue weighted by Gasteiger charge is 2.24. The van der Waals surface area contributed by atoms with E-state index in [1.807, 2.05) is 7.05 Å². The molecule has 102 valence electrons. The Morgan fingerprint density at radius 3 is 2.78 bits per heavy atom. The molecule has 0 aromatic carbocycles. The Labute approximate surface area is 109 Å². The van der Waals surface area contributed by atoms with E-state index >= 15 is 0 Å². The summed E-state index contributed by atoms with van der Waals surface area (Å²) in [5.74, 6) is 2.14. The van der Waals surface area contributed by atoms with Crippen LogP contribution in [-0.2, 0) is 6.42 Å². The van der Waals surface area contributed by atoms with Gasteiger partial charge in [-0.1, -0.05) is 12.1 Å². The molecule has 1 atom stereocenters. The number of piperidine rings is 1. The second-order valence-corrected chi connectivity index (χ2v) is 5.15. The first kappa shape index (κ1) is 13.5. The molecule has 1 saturated heterocycles. The molecule has 1 aliphatic heterocycles. The number of nitrogens with one attached hydrogen (secondary N) is 1. The first-order valence-electron chi connectivity index (χ1n) is 6.95. The minimum Gasteiger partial charge on any atom is -0.339 e. The van der Waals surface area contributed by atoms with Crippen LogP contribution in [-0.4, -0.2) is 47.8 Å². The summed E-state index contributed by atoms with van der Waals surface area (Å²) in [5, 5.41) is 7.33. The van der Waals surface area contributed by atoms with Crippen molar-refractivity contribution in [2.75, 3.05) is 26.7 Å². The Morgan fingerprint density at radius 1 is 1.44 bits per heavy atom. The topological polar surface area (TPSA) is 54.2 Å². The van der Waals surface area contributed by atoms with Crippen LogP contribution in [0.15, 0.2) is 4.52 Å². The van der Waals surface area contributed by atoms with Gasteiger partial charge in [-0.25, -0.2) is 0 Å². The number of likely N-dealkylation sites (N-methyl/N-ethyl adjacent to an activating group) is 1. The van der Waals surface area contributed by atoms with Crippen molar-refractivity contribution >= 4 is 0 Å². The molecular formula is C13H24N4O. The predicted octanol–water partition coefficient (Wildman–Crippen LogP) is 1.42. The standard InChI is InChI=1S/C13H24N4O/c1-4-17-7-5-11(6-8-17)13-15-12(18-16-13)9-10(2)14-3/h10-11,14H,4-9H2,1-3H3. The highest BCUT2D eigenvalue weighted by molar-refractivity contribution is 4.98. The van der Waals surface area contributed by atoms with E-state index in [4.69, 9.17) is 4.52 Å². The van der Waals surface area contributed by atoms with Gasteiger partial charge in [0.25, 0.3) is 0 Å². The summed E-state index contributed by atoms with van der Waals surface area (Å²) in [6.07, 6.45) is 3.10. The van der Waals surface area contributed by atoms with Crippen LogP contribution in [0, 0.1) is 0 Å². The highest BCUT2D eigenvalue weighted by atomic mass is 16.5. The second-order valence-electron chi connectivity index (χ2n) is 5.15. The van der Waals surface area contributed by atoms with E-state index < -0.39 is 0 Å². The fourth-order valence-electron chi connectivity index (χ4n) is 2.39. The molecule has 0 aliphatic carbocycles. The quantitative estimate of drug-likeness (QED) is 0.859. The molecule has 1 fully saturated rings. The molecule has 0 bridgehead atoms. The van der Waals surface area contributed by atoms with Gasteiger partial charge in [0.1, 0.15) is 0 Å². The van der Waals surface area contributed by atoms with Crippen LogP contribution in [0.4, 0.5) is 0 Å². The summed E-state index contributed by atoms with van der Waals surface area (Å²) in [6, 6.07) is 0.375. The van der Waals surface area contributed by atoms with Gasteiger partial charge in [0, 0.05) is 18.4 Å². The van der Waals surface area contributed by atoms with Gasteiger partial charge in [-0.15, -0.1) is 0 Å². The summed E-state index contributed by atoms with van der Waals surface area (Å²) in [6.45, 7) is 7.77. The van der Waals surface area contributed by atoms with Crippen LogP contribution in [0.3, 0.4) is 0 Å². The average molecular weight is 252 g/mol. The third-order valence-corrected chi connectivity index (χ3v) is 3.86. The molecule has 2 rings (SSSR count). The molecule has 0 saturated carbocycles. The predicted molar refractivity (Wildman–Crippen MR) is 70.6 cm³/mol. The first-order valence-corrected chi connectivity index (χ1v) is 6.95. The molecule has 5 nitrogen and oxygen atoms in total. The van der Waals surface area contributed by atoms with Crippen molar-refractivity contribution in [2.24, 2.45) is 0 Å². The molecule has 0 radical (unpaired) electrons. The fourth-order valence-corrected chi connectivity index (χ4v) is 2.39. The van der Waals surface area contributed by atoms with Gasteiger partial charge in [-0.3, -0.25) is 0 Å². The SMILES string of the molecule is CCN1CCC(c2noc(CC(C)NC)n2)CC1. The Balaban J connectivity index is 1.90. The highest BCUT2D eigenvalue weighted by Crippen LogP contribution is 2.25. The number of likely N-dealkylation sites (tertiary alicyclic amines) is 1. The third-order valence-electron chi connectivity index (χ3n) is 3.86. The van der Waals surface area contributed by atoms with Gasteiger partial charge in [-0.2, -0.15) is 4.98 Å². The second kappa shape index (κ2) is 6.29. The monoisotopic (exact) mass is 252 g/mol. The molecule has 5 heteroatoms. The smallest absolute Gasteiger partial charge is 0.228 e. The van der Waals surface area contributed by atoms with Gasteiger partial charge >= 0.3 is 0 Å². The Kier molecular flexibility index (Phi) is 4.72. The van der Waals surface area contributed by atoms with Crippen molar-refractivity contribution in [1.82, 2.24) is 20.4 Å². The lowest BCUT2D eigenvalue weighted by molar-refractivity contribution is 0.217. The van der Waals surface area contributed by atoms with Crippen LogP contribution in [0.5, 0.6) is 0 Å². The maximum atomic E-state index is 5.33. The molecule has 1 N–H and O–H groups in total. The van der Waals surface area contributed by atoms with E-state index in [9.17, 15) is 0 Å². The van der Waals surface area contributed by atoms with Crippen LogP contribution in [0.25, 0.3) is 0 Å². The summed E-state index contributed by atoms with van der Waals surface area (Å²) < 4.78 is 5.33. The van der Waals surface area contributed by atoms with Gasteiger partial charge in [0.15, 0.2) is 5.82 Å². The number of hydrogen-bond acceptors (Lipinski definition) is 5. The van der Waals surface area contributed by atoms with Crippen LogP contribution >= 0.6 is 0 Å². The van der Waals surface area contributed by atoms with E-state index in [1.54, 1.807) is 0 Å². The lowest BCUT2D eigenvalue weighted by atomic mass is 9.96. The van der Waals surface area contributed by atoms with E-state index in [0.29, 0.717) is 12.0 Å². The summed E-state index contributed by atoms with van der Waals surface area (Å²) >= 11 is 0. The molecule has 1 aliphatic rings. The van der Waals surface area contributed by atoms with Crippen molar-refractivity contribution in [3.63, 3.8) is 0 Å². The van der Waals surface area contributed by atoms with Crippen molar-refractivity contribution in [2.45, 2.75) is 45.1 Å². The summed E-state index contributed by atoms with van der Waals surface area (Å²) in [4.78, 5) is 7.01. The minimum absolute atomic E-state index is 0.375. The Morgan fingerprint density at radius 2 is 2.17 bits per heavy atom. The summed E-state index contributed by atoms with van der Waals surface area (Å²) in [5.41, 5.74) is 0. The van der Waals surface area contributed by atoms with Crippen molar-refractivity contribution in [1.29, 1.82) is 0 Å². The van der Waals surface area contributed by atoms with Crippen molar-refractivity contribution < 1.29 is 4.52 Å². The van der Waals surface area contributed by atoms with Crippen LogP contribution < -0.4 is 5.32 Å². The van der Waals surface area contributed by atoms with E-state index in [0.717, 1.165) is 50.6 Å². The molecule has 0 amide bonds. The average Bonchev–Trinajstić information content (AvgIpc) is 2.87. The van der Waals surface area contributed by atoms with E-state index in [1.165, 1.54) is 0 Å². The molecular weight excluding hydrogens is 228 g/mol. The van der Waals surface area contributed by atoms with Gasteiger partial charge in [0.05, 0.1) is 0 Å². The zero-order chi connectivity index (χ0) is 13.0. The zero-order valence-electron chi connectivity index (χ0n) is 11.6. The zero-order valence-corrected chi connectivity index (χ0v) is 11.6. The molecule has 18 heavy (non-hydrogen) atoms. The molecule has 2 heterocycles. The van der Waals surface area contributed by atoms with Crippen LogP contribution in [0.2, 0.25) is 0 Å². The third kappa shape index (κ3) is 3.29. The minimum atomic E-state index is 0.375. The Hall–Kier alpha value is -0.940. The van der Waals surface area contributed by atoms with Crippen molar-refractivity contribution in [3.8, 4) is 0 Å². The van der Waals surface area contributed by atoms with Gasteiger partial charge < -0.3 is 14.7 Å². The van der Waals surface area contributed by atoms with E-state index in [2.05, 4.69) is 34.2 Å². The van der Waals surface area contributed by atoms with Crippen molar-refractivity contribution in [3.05, 3.63) is 11.7 Å². The molecule has 0 spiro atoms. The number of rotatable bonds is 5.